The highest BCUT2D eigenvalue weighted by Gasteiger charge is 2.19. The van der Waals surface area contributed by atoms with E-state index in [9.17, 15) is 25.0 Å². The van der Waals surface area contributed by atoms with Crippen LogP contribution in [0.5, 0.6) is 0 Å². The van der Waals surface area contributed by atoms with Gasteiger partial charge in [0.2, 0.25) is 0 Å². The minimum atomic E-state index is -1.22. The summed E-state index contributed by atoms with van der Waals surface area (Å²) in [6.45, 7) is 0. The van der Waals surface area contributed by atoms with Crippen molar-refractivity contribution in [1.29, 1.82) is 5.26 Å². The average Bonchev–Trinajstić information content (AvgIpc) is 2.62. The predicted octanol–water partition coefficient (Wildman–Crippen LogP) is 4.15. The summed E-state index contributed by atoms with van der Waals surface area (Å²) in [5, 5.41) is 31.1. The zero-order chi connectivity index (χ0) is 20.1. The Labute approximate surface area is 162 Å². The fourth-order valence-electron chi connectivity index (χ4n) is 2.09. The number of nitro groups is 1. The van der Waals surface area contributed by atoms with Gasteiger partial charge in [-0.1, -0.05) is 41.4 Å². The van der Waals surface area contributed by atoms with Gasteiger partial charge in [0.25, 0.3) is 11.6 Å². The summed E-state index contributed by atoms with van der Waals surface area (Å²) in [4.78, 5) is 33.7. The molecular formula is C17H9Cl2N3O5. The molecule has 2 aromatic carbocycles. The van der Waals surface area contributed by atoms with Crippen LogP contribution in [-0.2, 0) is 4.79 Å². The highest BCUT2D eigenvalue weighted by molar-refractivity contribution is 6.40. The van der Waals surface area contributed by atoms with Crippen molar-refractivity contribution in [3.8, 4) is 6.07 Å². The van der Waals surface area contributed by atoms with E-state index in [1.54, 1.807) is 12.1 Å². The molecule has 0 unspecified atom stereocenters. The summed E-state index contributed by atoms with van der Waals surface area (Å²) in [6, 6.07) is 9.47. The van der Waals surface area contributed by atoms with Crippen molar-refractivity contribution in [3.63, 3.8) is 0 Å². The fraction of sp³-hybridized carbons (Fsp3) is 0. The van der Waals surface area contributed by atoms with Gasteiger partial charge < -0.3 is 10.4 Å². The quantitative estimate of drug-likeness (QED) is 0.332. The van der Waals surface area contributed by atoms with Crippen LogP contribution >= 0.6 is 23.2 Å². The average molecular weight is 406 g/mol. The van der Waals surface area contributed by atoms with Crippen molar-refractivity contribution in [2.75, 3.05) is 5.32 Å². The van der Waals surface area contributed by atoms with Crippen LogP contribution in [0.3, 0.4) is 0 Å². The lowest BCUT2D eigenvalue weighted by atomic mass is 10.0. The van der Waals surface area contributed by atoms with Crippen molar-refractivity contribution in [3.05, 3.63) is 73.3 Å². The number of aromatic carboxylic acids is 1. The maximum atomic E-state index is 12.4. The van der Waals surface area contributed by atoms with E-state index in [1.165, 1.54) is 18.2 Å². The molecular weight excluding hydrogens is 397 g/mol. The number of nitro benzene ring substituents is 1. The first-order valence-corrected chi connectivity index (χ1v) is 7.89. The number of non-ortho nitro benzene ring substituents is 1. The minimum absolute atomic E-state index is 0.0931. The van der Waals surface area contributed by atoms with Crippen LogP contribution in [0, 0.1) is 21.4 Å². The molecule has 2 aromatic rings. The number of carboxylic acids is 1. The Bertz CT molecular complexity index is 1000. The molecule has 0 aliphatic heterocycles. The third kappa shape index (κ3) is 4.61. The van der Waals surface area contributed by atoms with Gasteiger partial charge in [0, 0.05) is 12.1 Å². The number of hydrogen-bond donors (Lipinski definition) is 2. The summed E-state index contributed by atoms with van der Waals surface area (Å²) in [5.74, 6) is -2.13. The van der Waals surface area contributed by atoms with Crippen molar-refractivity contribution >= 4 is 52.5 Å². The number of nitrogens with one attached hydrogen (secondary N) is 1. The summed E-state index contributed by atoms with van der Waals surface area (Å²) in [7, 11) is 0. The van der Waals surface area contributed by atoms with Gasteiger partial charge >= 0.3 is 5.97 Å². The van der Waals surface area contributed by atoms with Crippen LogP contribution in [-0.4, -0.2) is 21.9 Å². The SMILES string of the molecule is N#C/C(=C\c1ccccc1C(=O)O)C(=O)Nc1c(Cl)cc([N+](=O)[O-])cc1Cl. The number of carboxylic acid groups (broad SMARTS) is 1. The van der Waals surface area contributed by atoms with E-state index in [-0.39, 0.29) is 32.5 Å². The smallest absolute Gasteiger partial charge is 0.336 e. The molecule has 0 aromatic heterocycles. The molecule has 136 valence electrons. The van der Waals surface area contributed by atoms with Crippen LogP contribution in [0.2, 0.25) is 10.0 Å². The molecule has 0 saturated carbocycles. The molecule has 2 N–H and O–H groups in total. The van der Waals surface area contributed by atoms with Gasteiger partial charge in [0.15, 0.2) is 0 Å². The molecule has 0 bridgehead atoms. The molecule has 27 heavy (non-hydrogen) atoms. The number of anilines is 1. The lowest BCUT2D eigenvalue weighted by Gasteiger charge is -2.09. The first-order valence-electron chi connectivity index (χ1n) is 7.13. The van der Waals surface area contributed by atoms with E-state index >= 15 is 0 Å². The van der Waals surface area contributed by atoms with Gasteiger partial charge in [-0.15, -0.1) is 0 Å². The number of nitriles is 1. The Morgan fingerprint density at radius 3 is 2.33 bits per heavy atom. The van der Waals surface area contributed by atoms with Crippen LogP contribution in [0.4, 0.5) is 11.4 Å². The maximum Gasteiger partial charge on any atom is 0.336 e. The summed E-state index contributed by atoms with van der Waals surface area (Å²) in [5.41, 5.74) is -0.827. The maximum absolute atomic E-state index is 12.4. The lowest BCUT2D eigenvalue weighted by Crippen LogP contribution is -2.14. The zero-order valence-corrected chi connectivity index (χ0v) is 14.8. The van der Waals surface area contributed by atoms with E-state index in [0.717, 1.165) is 18.2 Å². The number of amides is 1. The summed E-state index contributed by atoms with van der Waals surface area (Å²) in [6.07, 6.45) is 1.10. The monoisotopic (exact) mass is 405 g/mol. The number of nitrogens with zero attached hydrogens (tertiary/aromatic N) is 2. The molecule has 0 aliphatic carbocycles. The highest BCUT2D eigenvalue weighted by Crippen LogP contribution is 2.35. The molecule has 8 nitrogen and oxygen atoms in total. The molecule has 0 heterocycles. The second kappa shape index (κ2) is 8.31. The Hall–Kier alpha value is -3.41. The van der Waals surface area contributed by atoms with E-state index in [0.29, 0.717) is 0 Å². The van der Waals surface area contributed by atoms with Crippen LogP contribution in [0.15, 0.2) is 42.0 Å². The number of carbonyl (C=O) groups is 2. The Morgan fingerprint density at radius 1 is 1.22 bits per heavy atom. The lowest BCUT2D eigenvalue weighted by molar-refractivity contribution is -0.384. The van der Waals surface area contributed by atoms with E-state index in [2.05, 4.69) is 5.32 Å². The Morgan fingerprint density at radius 2 is 1.81 bits per heavy atom. The molecule has 0 radical (unpaired) electrons. The Kier molecular flexibility index (Phi) is 6.13. The molecule has 0 fully saturated rings. The van der Waals surface area contributed by atoms with Crippen molar-refractivity contribution in [2.45, 2.75) is 0 Å². The normalized spacial score (nSPS) is 10.8. The van der Waals surface area contributed by atoms with Gasteiger partial charge in [0.05, 0.1) is 26.2 Å². The number of hydrogen-bond acceptors (Lipinski definition) is 5. The van der Waals surface area contributed by atoms with Gasteiger partial charge in [-0.05, 0) is 17.7 Å². The second-order valence-electron chi connectivity index (χ2n) is 5.06. The predicted molar refractivity (Wildman–Crippen MR) is 98.7 cm³/mol. The highest BCUT2D eigenvalue weighted by atomic mass is 35.5. The van der Waals surface area contributed by atoms with Gasteiger partial charge in [-0.2, -0.15) is 5.26 Å². The van der Waals surface area contributed by atoms with Crippen LogP contribution in [0.25, 0.3) is 6.08 Å². The molecule has 2 rings (SSSR count). The number of rotatable bonds is 5. The second-order valence-corrected chi connectivity index (χ2v) is 5.87. The fourth-order valence-corrected chi connectivity index (χ4v) is 2.66. The zero-order valence-electron chi connectivity index (χ0n) is 13.3. The molecule has 10 heteroatoms. The van der Waals surface area contributed by atoms with E-state index in [1.807, 2.05) is 0 Å². The largest absolute Gasteiger partial charge is 0.478 e. The van der Waals surface area contributed by atoms with E-state index in [4.69, 9.17) is 28.3 Å². The molecule has 1 amide bonds. The van der Waals surface area contributed by atoms with Crippen molar-refractivity contribution < 1.29 is 19.6 Å². The molecule has 0 aliphatic rings. The first kappa shape index (κ1) is 19.9. The van der Waals surface area contributed by atoms with Gasteiger partial charge in [0.1, 0.15) is 11.6 Å². The summed E-state index contributed by atoms with van der Waals surface area (Å²) >= 11 is 11.8. The van der Waals surface area contributed by atoms with Crippen LogP contribution in [0.1, 0.15) is 15.9 Å². The molecule has 0 spiro atoms. The third-order valence-corrected chi connectivity index (χ3v) is 3.93. The summed E-state index contributed by atoms with van der Waals surface area (Å²) < 4.78 is 0. The van der Waals surface area contributed by atoms with Crippen LogP contribution < -0.4 is 5.32 Å². The van der Waals surface area contributed by atoms with Crippen molar-refractivity contribution in [1.82, 2.24) is 0 Å². The van der Waals surface area contributed by atoms with E-state index < -0.39 is 22.4 Å². The van der Waals surface area contributed by atoms with Gasteiger partial charge in [-0.3, -0.25) is 14.9 Å². The van der Waals surface area contributed by atoms with Gasteiger partial charge in [-0.25, -0.2) is 4.79 Å². The first-order chi connectivity index (χ1) is 12.7. The Balaban J connectivity index is 2.39. The third-order valence-electron chi connectivity index (χ3n) is 3.33. The standard InChI is InChI=1S/C17H9Cl2N3O5/c18-13-6-11(22(26)27)7-14(19)15(13)21-16(23)10(8-20)5-9-3-1-2-4-12(9)17(24)25/h1-7H,(H,21,23)(H,24,25)/b10-5+. The molecule has 0 saturated heterocycles. The topological polar surface area (TPSA) is 133 Å². The number of benzene rings is 2. The number of carbonyl (C=O) groups excluding carboxylic acids is 1. The van der Waals surface area contributed by atoms with Crippen molar-refractivity contribution in [2.24, 2.45) is 0 Å². The number of halogens is 2. The molecule has 0 atom stereocenters. The minimum Gasteiger partial charge on any atom is -0.478 e.